The van der Waals surface area contributed by atoms with Gasteiger partial charge in [0.2, 0.25) is 0 Å². The molecule has 378 valence electrons. The van der Waals surface area contributed by atoms with Gasteiger partial charge in [0, 0.05) is 44.9 Å². The summed E-state index contributed by atoms with van der Waals surface area (Å²) >= 11 is 0. The van der Waals surface area contributed by atoms with Gasteiger partial charge in [0.25, 0.3) is 0 Å². The molecule has 0 amide bonds. The molecule has 3 nitrogen and oxygen atoms in total. The topological polar surface area (TPSA) is 19.6 Å². The number of benzene rings is 6. The maximum absolute atomic E-state index is 6.70. The first-order chi connectivity index (χ1) is 33.3. The van der Waals surface area contributed by atoms with Crippen LogP contribution >= 0.6 is 0 Å². The number of rotatable bonds is 6. The van der Waals surface area contributed by atoms with Crippen LogP contribution in [0.2, 0.25) is 0 Å². The fourth-order valence-corrected chi connectivity index (χ4v) is 13.1. The van der Waals surface area contributed by atoms with Crippen molar-refractivity contribution in [3.63, 3.8) is 0 Å². The van der Waals surface area contributed by atoms with Crippen LogP contribution in [0.15, 0.2) is 108 Å². The molecule has 0 aliphatic heterocycles. The van der Waals surface area contributed by atoms with Crippen molar-refractivity contribution >= 4 is 56.1 Å². The van der Waals surface area contributed by atoms with Crippen molar-refractivity contribution in [3.8, 4) is 0 Å². The van der Waals surface area contributed by atoms with E-state index in [9.17, 15) is 0 Å². The minimum atomic E-state index is -0.158. The van der Waals surface area contributed by atoms with Crippen molar-refractivity contribution < 1.29 is 4.42 Å². The van der Waals surface area contributed by atoms with E-state index in [-0.39, 0.29) is 43.3 Å². The predicted octanol–water partition coefficient (Wildman–Crippen LogP) is 20.5. The first-order valence-corrected chi connectivity index (χ1v) is 27.5. The van der Waals surface area contributed by atoms with E-state index >= 15 is 0 Å². The predicted molar refractivity (Wildman–Crippen MR) is 311 cm³/mol. The second-order valence-corrected chi connectivity index (χ2v) is 28.8. The third kappa shape index (κ3) is 8.41. The zero-order valence-corrected chi connectivity index (χ0v) is 47.9. The van der Waals surface area contributed by atoms with Gasteiger partial charge in [-0.2, -0.15) is 0 Å². The minimum absolute atomic E-state index is 0.0318. The molecule has 0 N–H and O–H groups in total. The lowest BCUT2D eigenvalue weighted by molar-refractivity contribution is 0.332. The van der Waals surface area contributed by atoms with Crippen molar-refractivity contribution in [1.29, 1.82) is 0 Å². The molecule has 72 heavy (non-hydrogen) atoms. The Balaban J connectivity index is 1.29. The molecule has 0 unspecified atom stereocenters. The average molecular weight is 959 g/mol. The van der Waals surface area contributed by atoms with E-state index < -0.39 is 0 Å². The van der Waals surface area contributed by atoms with Crippen molar-refractivity contribution in [2.24, 2.45) is 0 Å². The summed E-state index contributed by atoms with van der Waals surface area (Å²) in [5, 5.41) is 2.36. The lowest BCUT2D eigenvalue weighted by Gasteiger charge is -2.44. The monoisotopic (exact) mass is 959 g/mol. The van der Waals surface area contributed by atoms with E-state index in [1.54, 1.807) is 0 Å². The molecule has 0 fully saturated rings. The lowest BCUT2D eigenvalue weighted by atomic mass is 9.63. The number of nitrogens with zero attached hydrogens (tertiary/aromatic N) is 2. The normalized spacial score (nSPS) is 19.4. The number of fused-ring (bicyclic) bond motifs is 6. The van der Waals surface area contributed by atoms with Crippen molar-refractivity contribution in [2.75, 3.05) is 9.80 Å². The first-order valence-electron chi connectivity index (χ1n) is 27.5. The summed E-state index contributed by atoms with van der Waals surface area (Å²) in [6, 6.07) is 41.1. The molecule has 3 heteroatoms. The van der Waals surface area contributed by atoms with Gasteiger partial charge < -0.3 is 14.2 Å². The van der Waals surface area contributed by atoms with Crippen LogP contribution in [0.1, 0.15) is 213 Å². The Morgan fingerprint density at radius 1 is 0.389 bits per heavy atom. The fraction of sp³-hybridized carbons (Fsp3) is 0.478. The lowest BCUT2D eigenvalue weighted by Crippen LogP contribution is -2.34. The molecule has 0 radical (unpaired) electrons. The van der Waals surface area contributed by atoms with Crippen LogP contribution < -0.4 is 9.80 Å². The molecule has 3 aliphatic rings. The van der Waals surface area contributed by atoms with Crippen molar-refractivity contribution in [2.45, 2.75) is 213 Å². The van der Waals surface area contributed by atoms with Crippen molar-refractivity contribution in [1.82, 2.24) is 0 Å². The molecular weight excluding hydrogens is 873 g/mol. The van der Waals surface area contributed by atoms with Crippen LogP contribution in [0.5, 0.6) is 0 Å². The first kappa shape index (κ1) is 50.3. The largest absolute Gasteiger partial charge is 0.456 e. The van der Waals surface area contributed by atoms with Gasteiger partial charge in [-0.25, -0.2) is 0 Å². The van der Waals surface area contributed by atoms with Crippen LogP contribution in [0.4, 0.5) is 34.1 Å². The molecule has 1 aromatic heterocycles. The maximum Gasteiger partial charge on any atom is 0.135 e. The summed E-state index contributed by atoms with van der Waals surface area (Å²) in [5.41, 5.74) is 21.9. The SMILES string of the molecule is Cc1cc2c(cc1N(c1cc(N(c3ccc4c(c3)C(C)(C)CCC4(C)C)c3ccc4c(c3)C(C)(C)CCC4(C)C)cc(C(C)(C)C)c1)c1ccc3oc4cccc(C(C)(C)C)c4c3c1)C(C)(C)CCC2(C)C. The molecule has 3 aliphatic carbocycles. The fourth-order valence-electron chi connectivity index (χ4n) is 13.1. The van der Waals surface area contributed by atoms with Crippen LogP contribution in [-0.4, -0.2) is 0 Å². The molecule has 10 rings (SSSR count). The Hall–Kier alpha value is -5.28. The number of hydrogen-bond acceptors (Lipinski definition) is 3. The summed E-state index contributed by atoms with van der Waals surface area (Å²) in [5.74, 6) is 0. The molecule has 7 aromatic rings. The molecule has 0 atom stereocenters. The van der Waals surface area contributed by atoms with Gasteiger partial charge in [0.05, 0.1) is 0 Å². The molecular formula is C69H86N2O. The average Bonchev–Trinajstić information content (AvgIpc) is 3.67. The summed E-state index contributed by atoms with van der Waals surface area (Å²) < 4.78 is 6.70. The van der Waals surface area contributed by atoms with Gasteiger partial charge >= 0.3 is 0 Å². The zero-order valence-electron chi connectivity index (χ0n) is 47.9. The van der Waals surface area contributed by atoms with E-state index in [4.69, 9.17) is 4.42 Å². The highest BCUT2D eigenvalue weighted by Crippen LogP contribution is 2.54. The van der Waals surface area contributed by atoms with Crippen LogP contribution in [0, 0.1) is 6.92 Å². The van der Waals surface area contributed by atoms with Crippen LogP contribution in [0.25, 0.3) is 21.9 Å². The Morgan fingerprint density at radius 2 is 0.819 bits per heavy atom. The number of aryl methyl sites for hydroxylation is 1. The number of furan rings is 1. The van der Waals surface area contributed by atoms with Gasteiger partial charge in [-0.15, -0.1) is 0 Å². The highest BCUT2D eigenvalue weighted by atomic mass is 16.3. The minimum Gasteiger partial charge on any atom is -0.456 e. The Bertz CT molecular complexity index is 3210. The second kappa shape index (κ2) is 16.4. The number of anilines is 6. The Kier molecular flexibility index (Phi) is 11.4. The quantitative estimate of drug-likeness (QED) is 0.166. The standard InChI is InChI=1S/C69H86N2O/c1-43-35-54-57(69(18,19)34-33-66(54,12)13)42-58(43)71(45-25-28-59-50(39-45)61-53(63(5,6)7)21-20-22-60(61)72-59)49-37-44(62(2,3)4)36-48(38-49)70(46-23-26-51-55(40-46)67(14,15)31-29-64(51,8)9)47-24-27-52-56(41-47)68(16,17)32-30-65(52,10)11/h20-28,35-42H,29-34H2,1-19H3. The van der Waals surface area contributed by atoms with Gasteiger partial charge in [0.15, 0.2) is 0 Å². The van der Waals surface area contributed by atoms with Gasteiger partial charge in [-0.3, -0.25) is 0 Å². The molecule has 0 bridgehead atoms. The van der Waals surface area contributed by atoms with E-state index in [0.717, 1.165) is 34.3 Å². The zero-order chi connectivity index (χ0) is 52.1. The molecule has 0 saturated heterocycles. The second-order valence-electron chi connectivity index (χ2n) is 28.8. The number of hydrogen-bond donors (Lipinski definition) is 0. The molecule has 0 saturated carbocycles. The van der Waals surface area contributed by atoms with Crippen LogP contribution in [0.3, 0.4) is 0 Å². The summed E-state index contributed by atoms with van der Waals surface area (Å²) in [4.78, 5) is 5.21. The molecule has 1 heterocycles. The Labute approximate surface area is 434 Å². The highest BCUT2D eigenvalue weighted by Gasteiger charge is 2.41. The molecule has 6 aromatic carbocycles. The van der Waals surface area contributed by atoms with E-state index in [1.165, 1.54) is 110 Å². The summed E-state index contributed by atoms with van der Waals surface area (Å²) in [6.45, 7) is 45.9. The van der Waals surface area contributed by atoms with E-state index in [1.807, 2.05) is 0 Å². The third-order valence-electron chi connectivity index (χ3n) is 18.4. The maximum atomic E-state index is 6.70. The van der Waals surface area contributed by atoms with E-state index in [0.29, 0.717) is 0 Å². The highest BCUT2D eigenvalue weighted by molar-refractivity contribution is 6.09. The Morgan fingerprint density at radius 3 is 1.31 bits per heavy atom. The van der Waals surface area contributed by atoms with Gasteiger partial charge in [-0.1, -0.05) is 155 Å². The van der Waals surface area contributed by atoms with Crippen LogP contribution in [-0.2, 0) is 43.3 Å². The van der Waals surface area contributed by atoms with Gasteiger partial charge in [0.1, 0.15) is 11.2 Å². The van der Waals surface area contributed by atoms with E-state index in [2.05, 4.69) is 244 Å². The van der Waals surface area contributed by atoms with Gasteiger partial charge in [-0.05, 0) is 212 Å². The van der Waals surface area contributed by atoms with Crippen molar-refractivity contribution in [3.05, 3.63) is 153 Å². The molecule has 0 spiro atoms. The smallest absolute Gasteiger partial charge is 0.135 e. The third-order valence-corrected chi connectivity index (χ3v) is 18.4. The summed E-state index contributed by atoms with van der Waals surface area (Å²) in [6.07, 6.45) is 7.04. The summed E-state index contributed by atoms with van der Waals surface area (Å²) in [7, 11) is 0.